The van der Waals surface area contributed by atoms with Crippen LogP contribution in [0, 0.1) is 12.7 Å². The summed E-state index contributed by atoms with van der Waals surface area (Å²) >= 11 is 0. The predicted molar refractivity (Wildman–Crippen MR) is 90.7 cm³/mol. The van der Waals surface area contributed by atoms with Gasteiger partial charge >= 0.3 is 0 Å². The van der Waals surface area contributed by atoms with Crippen molar-refractivity contribution in [1.29, 1.82) is 0 Å². The summed E-state index contributed by atoms with van der Waals surface area (Å²) in [7, 11) is 1.60. The molecule has 0 fully saturated rings. The van der Waals surface area contributed by atoms with Gasteiger partial charge in [0.2, 0.25) is 5.78 Å². The Morgan fingerprint density at radius 2 is 1.83 bits per heavy atom. The molecule has 0 aliphatic carbocycles. The highest BCUT2D eigenvalue weighted by atomic mass is 19.1. The van der Waals surface area contributed by atoms with Crippen molar-refractivity contribution in [3.05, 3.63) is 59.4 Å². The van der Waals surface area contributed by atoms with E-state index >= 15 is 0 Å². The summed E-state index contributed by atoms with van der Waals surface area (Å²) in [5.74, 6) is -0.895. The first-order valence-corrected chi connectivity index (χ1v) is 7.73. The van der Waals surface area contributed by atoms with Crippen molar-refractivity contribution < 1.29 is 18.7 Å². The van der Waals surface area contributed by atoms with Crippen LogP contribution in [-0.4, -0.2) is 18.8 Å². The fourth-order valence-corrected chi connectivity index (χ4v) is 2.28. The number of carbonyl (C=O) groups excluding carboxylic acids is 2. The SMILES string of the molecule is COc1ccc(CCCC(=O)C(=O)Nc2cc(F)ccc2C)cc1. The molecule has 0 unspecified atom stereocenters. The van der Waals surface area contributed by atoms with Crippen LogP contribution in [0.4, 0.5) is 10.1 Å². The monoisotopic (exact) mass is 329 g/mol. The van der Waals surface area contributed by atoms with E-state index in [4.69, 9.17) is 4.74 Å². The zero-order chi connectivity index (χ0) is 17.5. The lowest BCUT2D eigenvalue weighted by atomic mass is 10.1. The molecule has 0 saturated carbocycles. The number of methoxy groups -OCH3 is 1. The lowest BCUT2D eigenvalue weighted by molar-refractivity contribution is -0.134. The number of benzene rings is 2. The highest BCUT2D eigenvalue weighted by molar-refractivity contribution is 6.40. The maximum Gasteiger partial charge on any atom is 0.291 e. The molecule has 4 nitrogen and oxygen atoms in total. The smallest absolute Gasteiger partial charge is 0.291 e. The number of aryl methyl sites for hydroxylation is 2. The van der Waals surface area contributed by atoms with Crippen LogP contribution in [0.2, 0.25) is 0 Å². The molecule has 0 atom stereocenters. The molecule has 126 valence electrons. The molecule has 0 heterocycles. The summed E-state index contributed by atoms with van der Waals surface area (Å²) in [5, 5.41) is 2.47. The molecule has 2 aromatic carbocycles. The van der Waals surface area contributed by atoms with Crippen LogP contribution in [0.5, 0.6) is 5.75 Å². The Morgan fingerprint density at radius 3 is 2.50 bits per heavy atom. The second-order valence-corrected chi connectivity index (χ2v) is 5.54. The standard InChI is InChI=1S/C19H20FNO3/c1-13-6-9-15(20)12-17(13)21-19(23)18(22)5-3-4-14-7-10-16(24-2)11-8-14/h6-12H,3-5H2,1-2H3,(H,21,23). The maximum absolute atomic E-state index is 13.2. The van der Waals surface area contributed by atoms with Crippen molar-refractivity contribution in [2.45, 2.75) is 26.2 Å². The van der Waals surface area contributed by atoms with E-state index in [9.17, 15) is 14.0 Å². The van der Waals surface area contributed by atoms with Crippen LogP contribution < -0.4 is 10.1 Å². The lowest BCUT2D eigenvalue weighted by Crippen LogP contribution is -2.23. The second-order valence-electron chi connectivity index (χ2n) is 5.54. The number of nitrogens with one attached hydrogen (secondary N) is 1. The van der Waals surface area contributed by atoms with Crippen molar-refractivity contribution in [3.8, 4) is 5.75 Å². The van der Waals surface area contributed by atoms with Crippen LogP contribution in [0.3, 0.4) is 0 Å². The van der Waals surface area contributed by atoms with Crippen LogP contribution in [0.25, 0.3) is 0 Å². The third-order valence-electron chi connectivity index (χ3n) is 3.73. The predicted octanol–water partition coefficient (Wildman–Crippen LogP) is 3.67. The van der Waals surface area contributed by atoms with Crippen LogP contribution in [0.15, 0.2) is 42.5 Å². The van der Waals surface area contributed by atoms with E-state index in [1.165, 1.54) is 12.1 Å². The van der Waals surface area contributed by atoms with Crippen LogP contribution in [0.1, 0.15) is 24.0 Å². The summed E-state index contributed by atoms with van der Waals surface area (Å²) in [6.45, 7) is 1.74. The van der Waals surface area contributed by atoms with Gasteiger partial charge in [-0.2, -0.15) is 0 Å². The number of hydrogen-bond donors (Lipinski definition) is 1. The van der Waals surface area contributed by atoms with Crippen molar-refractivity contribution in [3.63, 3.8) is 0 Å². The molecule has 1 amide bonds. The highest BCUT2D eigenvalue weighted by Crippen LogP contribution is 2.16. The number of ketones is 1. The minimum Gasteiger partial charge on any atom is -0.497 e. The fraction of sp³-hybridized carbons (Fsp3) is 0.263. The molecule has 5 heteroatoms. The Kier molecular flexibility index (Phi) is 6.07. The molecule has 0 aliphatic rings. The minimum atomic E-state index is -0.710. The first-order valence-electron chi connectivity index (χ1n) is 7.73. The zero-order valence-electron chi connectivity index (χ0n) is 13.8. The van der Waals surface area contributed by atoms with Crippen molar-refractivity contribution >= 4 is 17.4 Å². The molecule has 1 N–H and O–H groups in total. The van der Waals surface area contributed by atoms with Gasteiger partial charge in [-0.3, -0.25) is 9.59 Å². The molecule has 0 radical (unpaired) electrons. The van der Waals surface area contributed by atoms with Gasteiger partial charge in [0.25, 0.3) is 5.91 Å². The largest absolute Gasteiger partial charge is 0.497 e. The normalized spacial score (nSPS) is 10.3. The van der Waals surface area contributed by atoms with E-state index in [-0.39, 0.29) is 6.42 Å². The average molecular weight is 329 g/mol. The van der Waals surface area contributed by atoms with Gasteiger partial charge in [-0.25, -0.2) is 4.39 Å². The molecular formula is C19H20FNO3. The summed E-state index contributed by atoms with van der Waals surface area (Å²) in [6, 6.07) is 11.6. The van der Waals surface area contributed by atoms with E-state index in [1.54, 1.807) is 20.1 Å². The number of hydrogen-bond acceptors (Lipinski definition) is 3. The molecule has 0 aliphatic heterocycles. The van der Waals surface area contributed by atoms with Crippen molar-refractivity contribution in [1.82, 2.24) is 0 Å². The van der Waals surface area contributed by atoms with Gasteiger partial charge in [-0.1, -0.05) is 18.2 Å². The lowest BCUT2D eigenvalue weighted by Gasteiger charge is -2.08. The minimum absolute atomic E-state index is 0.145. The van der Waals surface area contributed by atoms with Gasteiger partial charge in [-0.15, -0.1) is 0 Å². The van der Waals surface area contributed by atoms with Gasteiger partial charge in [0.1, 0.15) is 11.6 Å². The second kappa shape index (κ2) is 8.24. The van der Waals surface area contributed by atoms with E-state index < -0.39 is 17.5 Å². The average Bonchev–Trinajstić information content (AvgIpc) is 2.58. The molecule has 0 spiro atoms. The Morgan fingerprint density at radius 1 is 1.12 bits per heavy atom. The maximum atomic E-state index is 13.2. The van der Waals surface area contributed by atoms with Crippen molar-refractivity contribution in [2.24, 2.45) is 0 Å². The first kappa shape index (κ1) is 17.7. The molecule has 2 aromatic rings. The highest BCUT2D eigenvalue weighted by Gasteiger charge is 2.14. The van der Waals surface area contributed by atoms with Gasteiger partial charge in [0.15, 0.2) is 0 Å². The first-order chi connectivity index (χ1) is 11.5. The zero-order valence-corrected chi connectivity index (χ0v) is 13.8. The van der Waals surface area contributed by atoms with E-state index in [0.29, 0.717) is 24.1 Å². The Bertz CT molecular complexity index is 726. The van der Waals surface area contributed by atoms with Gasteiger partial charge in [0.05, 0.1) is 7.11 Å². The number of rotatable bonds is 7. The molecule has 24 heavy (non-hydrogen) atoms. The number of Topliss-reactive ketones (excluding diaryl/α,β-unsaturated/α-hetero) is 1. The van der Waals surface area contributed by atoms with Gasteiger partial charge < -0.3 is 10.1 Å². The summed E-state index contributed by atoms with van der Waals surface area (Å²) in [5.41, 5.74) is 2.10. The summed E-state index contributed by atoms with van der Waals surface area (Å²) < 4.78 is 18.3. The third kappa shape index (κ3) is 4.91. The Hall–Kier alpha value is -2.69. The number of amides is 1. The molecular weight excluding hydrogens is 309 g/mol. The molecule has 0 saturated heterocycles. The topological polar surface area (TPSA) is 55.4 Å². The van der Waals surface area contributed by atoms with E-state index in [1.807, 2.05) is 24.3 Å². The number of ether oxygens (including phenoxy) is 1. The summed E-state index contributed by atoms with van der Waals surface area (Å²) in [6.07, 6.45) is 1.41. The number of carbonyl (C=O) groups is 2. The van der Waals surface area contributed by atoms with Gasteiger partial charge in [-0.05, 0) is 55.2 Å². The van der Waals surface area contributed by atoms with Crippen LogP contribution in [-0.2, 0) is 16.0 Å². The summed E-state index contributed by atoms with van der Waals surface area (Å²) in [4.78, 5) is 23.8. The molecule has 0 bridgehead atoms. The number of halogens is 1. The fourth-order valence-electron chi connectivity index (χ4n) is 2.28. The van der Waals surface area contributed by atoms with Crippen LogP contribution >= 0.6 is 0 Å². The number of anilines is 1. The van der Waals surface area contributed by atoms with E-state index in [2.05, 4.69) is 5.32 Å². The Labute approximate surface area is 140 Å². The van der Waals surface area contributed by atoms with Crippen molar-refractivity contribution in [2.75, 3.05) is 12.4 Å². The third-order valence-corrected chi connectivity index (χ3v) is 3.73. The Balaban J connectivity index is 1.83. The van der Waals surface area contributed by atoms with Gasteiger partial charge in [0, 0.05) is 12.1 Å². The van der Waals surface area contributed by atoms with E-state index in [0.717, 1.165) is 11.3 Å². The molecule has 0 aromatic heterocycles. The molecule has 2 rings (SSSR count). The quantitative estimate of drug-likeness (QED) is 0.789.